The summed E-state index contributed by atoms with van der Waals surface area (Å²) in [6.45, 7) is 4.20. The van der Waals surface area contributed by atoms with Crippen LogP contribution < -0.4 is 4.74 Å². The summed E-state index contributed by atoms with van der Waals surface area (Å²) in [7, 11) is 0. The second kappa shape index (κ2) is 6.55. The summed E-state index contributed by atoms with van der Waals surface area (Å²) in [5.41, 5.74) is 0.614. The van der Waals surface area contributed by atoms with E-state index in [0.29, 0.717) is 16.9 Å². The monoisotopic (exact) mass is 276 g/mol. The first-order valence-electron chi connectivity index (χ1n) is 7.19. The number of esters is 2. The van der Waals surface area contributed by atoms with Gasteiger partial charge in [0, 0.05) is 0 Å². The number of carbonyl (C=O) groups is 2. The second-order valence-electron chi connectivity index (χ2n) is 5.16. The molecule has 4 nitrogen and oxygen atoms in total. The molecule has 1 aliphatic heterocycles. The van der Waals surface area contributed by atoms with Crippen LogP contribution in [0.4, 0.5) is 0 Å². The fourth-order valence-electron chi connectivity index (χ4n) is 2.29. The van der Waals surface area contributed by atoms with Gasteiger partial charge in [0.2, 0.25) is 0 Å². The Bertz CT molecular complexity index is 507. The molecule has 1 unspecified atom stereocenters. The van der Waals surface area contributed by atoms with Crippen LogP contribution in [0.3, 0.4) is 0 Å². The molecule has 0 fully saturated rings. The first-order valence-corrected chi connectivity index (χ1v) is 7.19. The molecule has 1 aromatic rings. The van der Waals surface area contributed by atoms with E-state index < -0.39 is 11.9 Å². The average molecular weight is 276 g/mol. The molecule has 20 heavy (non-hydrogen) atoms. The van der Waals surface area contributed by atoms with Crippen LogP contribution in [0.1, 0.15) is 66.7 Å². The molecule has 2 rings (SSSR count). The SMILES string of the molecule is CCCCCCC(C)Oc1ccc2c(c1)C(=O)OC2=O. The molecule has 0 aromatic heterocycles. The quantitative estimate of drug-likeness (QED) is 0.432. The summed E-state index contributed by atoms with van der Waals surface area (Å²) in [6, 6.07) is 4.88. The minimum absolute atomic E-state index is 0.0954. The molecule has 108 valence electrons. The van der Waals surface area contributed by atoms with E-state index in [2.05, 4.69) is 11.7 Å². The molecule has 1 aromatic carbocycles. The molecule has 0 saturated heterocycles. The van der Waals surface area contributed by atoms with Gasteiger partial charge in [-0.25, -0.2) is 9.59 Å². The zero-order chi connectivity index (χ0) is 14.5. The van der Waals surface area contributed by atoms with Crippen molar-refractivity contribution in [3.8, 4) is 5.75 Å². The molecule has 0 saturated carbocycles. The molecule has 0 radical (unpaired) electrons. The number of carbonyl (C=O) groups excluding carboxylic acids is 2. The van der Waals surface area contributed by atoms with Crippen molar-refractivity contribution < 1.29 is 19.1 Å². The van der Waals surface area contributed by atoms with Crippen LogP contribution >= 0.6 is 0 Å². The highest BCUT2D eigenvalue weighted by Gasteiger charge is 2.29. The smallest absolute Gasteiger partial charge is 0.347 e. The van der Waals surface area contributed by atoms with Crippen molar-refractivity contribution in [2.75, 3.05) is 0 Å². The van der Waals surface area contributed by atoms with E-state index >= 15 is 0 Å². The first-order chi connectivity index (χ1) is 9.61. The van der Waals surface area contributed by atoms with E-state index in [-0.39, 0.29) is 6.10 Å². The van der Waals surface area contributed by atoms with Gasteiger partial charge in [0.1, 0.15) is 5.75 Å². The number of ether oxygens (including phenoxy) is 2. The Kier molecular flexibility index (Phi) is 4.77. The molecule has 0 amide bonds. The van der Waals surface area contributed by atoms with Crippen LogP contribution in [0.15, 0.2) is 18.2 Å². The fraction of sp³-hybridized carbons (Fsp3) is 0.500. The minimum Gasteiger partial charge on any atom is -0.491 e. The molecular weight excluding hydrogens is 256 g/mol. The topological polar surface area (TPSA) is 52.6 Å². The number of cyclic esters (lactones) is 2. The van der Waals surface area contributed by atoms with Crippen LogP contribution in [-0.4, -0.2) is 18.0 Å². The third kappa shape index (κ3) is 3.38. The molecule has 1 aliphatic rings. The van der Waals surface area contributed by atoms with Crippen molar-refractivity contribution in [2.45, 2.75) is 52.1 Å². The summed E-state index contributed by atoms with van der Waals surface area (Å²) in [5, 5.41) is 0. The van der Waals surface area contributed by atoms with E-state index in [9.17, 15) is 9.59 Å². The zero-order valence-corrected chi connectivity index (χ0v) is 12.0. The third-order valence-electron chi connectivity index (χ3n) is 3.42. The number of fused-ring (bicyclic) bond motifs is 1. The van der Waals surface area contributed by atoms with Crippen LogP contribution in [-0.2, 0) is 4.74 Å². The van der Waals surface area contributed by atoms with Gasteiger partial charge in [-0.2, -0.15) is 0 Å². The van der Waals surface area contributed by atoms with E-state index in [1.54, 1.807) is 18.2 Å². The van der Waals surface area contributed by atoms with Gasteiger partial charge in [-0.05, 0) is 38.0 Å². The minimum atomic E-state index is -0.592. The summed E-state index contributed by atoms with van der Waals surface area (Å²) < 4.78 is 10.3. The standard InChI is InChI=1S/C16H20O4/c1-3-4-5-6-7-11(2)19-12-8-9-13-14(10-12)16(18)20-15(13)17/h8-11H,3-7H2,1-2H3. The maximum Gasteiger partial charge on any atom is 0.347 e. The highest BCUT2D eigenvalue weighted by Crippen LogP contribution is 2.25. The first kappa shape index (κ1) is 14.6. The summed E-state index contributed by atoms with van der Waals surface area (Å²) >= 11 is 0. The van der Waals surface area contributed by atoms with Crippen molar-refractivity contribution >= 4 is 11.9 Å². The molecule has 0 aliphatic carbocycles. The Morgan fingerprint density at radius 2 is 1.85 bits per heavy atom. The number of benzene rings is 1. The number of rotatable bonds is 7. The van der Waals surface area contributed by atoms with Crippen LogP contribution in [0, 0.1) is 0 Å². The number of hydrogen-bond donors (Lipinski definition) is 0. The number of unbranched alkanes of at least 4 members (excludes halogenated alkanes) is 3. The lowest BCUT2D eigenvalue weighted by molar-refractivity contribution is 0.0443. The lowest BCUT2D eigenvalue weighted by Crippen LogP contribution is -2.11. The van der Waals surface area contributed by atoms with E-state index in [1.807, 2.05) is 6.92 Å². The van der Waals surface area contributed by atoms with Gasteiger partial charge in [0.05, 0.1) is 17.2 Å². The second-order valence-corrected chi connectivity index (χ2v) is 5.16. The predicted molar refractivity (Wildman–Crippen MR) is 75.0 cm³/mol. The Morgan fingerprint density at radius 3 is 2.60 bits per heavy atom. The molecule has 1 heterocycles. The van der Waals surface area contributed by atoms with Gasteiger partial charge < -0.3 is 9.47 Å². The van der Waals surface area contributed by atoms with Gasteiger partial charge in [-0.15, -0.1) is 0 Å². The third-order valence-corrected chi connectivity index (χ3v) is 3.42. The Balaban J connectivity index is 1.92. The molecule has 0 spiro atoms. The van der Waals surface area contributed by atoms with Crippen molar-refractivity contribution in [1.82, 2.24) is 0 Å². The maximum absolute atomic E-state index is 11.5. The molecule has 1 atom stereocenters. The maximum atomic E-state index is 11.5. The van der Waals surface area contributed by atoms with E-state index in [0.717, 1.165) is 12.8 Å². The molecular formula is C16H20O4. The summed E-state index contributed by atoms with van der Waals surface area (Å²) in [5.74, 6) is -0.561. The lowest BCUT2D eigenvalue weighted by atomic mass is 10.1. The van der Waals surface area contributed by atoms with Gasteiger partial charge in [0.15, 0.2) is 0 Å². The van der Waals surface area contributed by atoms with E-state index in [1.165, 1.54) is 19.3 Å². The van der Waals surface area contributed by atoms with Gasteiger partial charge in [-0.1, -0.05) is 26.2 Å². The van der Waals surface area contributed by atoms with Crippen molar-refractivity contribution in [3.05, 3.63) is 29.3 Å². The average Bonchev–Trinajstić information content (AvgIpc) is 2.70. The predicted octanol–water partition coefficient (Wildman–Crippen LogP) is 3.73. The Hall–Kier alpha value is -1.84. The highest BCUT2D eigenvalue weighted by molar-refractivity contribution is 6.14. The Morgan fingerprint density at radius 1 is 1.10 bits per heavy atom. The van der Waals surface area contributed by atoms with Crippen molar-refractivity contribution in [1.29, 1.82) is 0 Å². The van der Waals surface area contributed by atoms with Gasteiger partial charge in [0.25, 0.3) is 0 Å². The highest BCUT2D eigenvalue weighted by atomic mass is 16.6. The normalized spacial score (nSPS) is 14.9. The van der Waals surface area contributed by atoms with Crippen LogP contribution in [0.25, 0.3) is 0 Å². The van der Waals surface area contributed by atoms with Crippen molar-refractivity contribution in [3.63, 3.8) is 0 Å². The van der Waals surface area contributed by atoms with E-state index in [4.69, 9.17) is 4.74 Å². The van der Waals surface area contributed by atoms with Crippen LogP contribution in [0.5, 0.6) is 5.75 Å². The molecule has 4 heteroatoms. The Labute approximate surface area is 119 Å². The summed E-state index contributed by atoms with van der Waals surface area (Å²) in [4.78, 5) is 22.8. The van der Waals surface area contributed by atoms with Gasteiger partial charge in [-0.3, -0.25) is 0 Å². The fourth-order valence-corrected chi connectivity index (χ4v) is 2.29. The largest absolute Gasteiger partial charge is 0.491 e. The lowest BCUT2D eigenvalue weighted by Gasteiger charge is -2.14. The molecule has 0 bridgehead atoms. The zero-order valence-electron chi connectivity index (χ0n) is 12.0. The van der Waals surface area contributed by atoms with Gasteiger partial charge >= 0.3 is 11.9 Å². The van der Waals surface area contributed by atoms with Crippen molar-refractivity contribution in [2.24, 2.45) is 0 Å². The van der Waals surface area contributed by atoms with Crippen LogP contribution in [0.2, 0.25) is 0 Å². The number of hydrogen-bond acceptors (Lipinski definition) is 4. The summed E-state index contributed by atoms with van der Waals surface area (Å²) in [6.07, 6.45) is 5.91. The molecule has 0 N–H and O–H groups in total.